The number of ether oxygens (including phenoxy) is 1. The van der Waals surface area contributed by atoms with Crippen LogP contribution in [0, 0.1) is 11.3 Å². The van der Waals surface area contributed by atoms with Crippen molar-refractivity contribution >= 4 is 0 Å². The fourth-order valence-corrected chi connectivity index (χ4v) is 2.30. The Morgan fingerprint density at radius 2 is 1.81 bits per heavy atom. The summed E-state index contributed by atoms with van der Waals surface area (Å²) in [5.41, 5.74) is 1.82. The molecule has 0 heterocycles. The first-order valence-corrected chi connectivity index (χ1v) is 7.28. The Morgan fingerprint density at radius 1 is 1.10 bits per heavy atom. The predicted octanol–water partition coefficient (Wildman–Crippen LogP) is 4.41. The third-order valence-corrected chi connectivity index (χ3v) is 3.32. The summed E-state index contributed by atoms with van der Waals surface area (Å²) in [5, 5.41) is 12.4. The molecule has 3 heteroatoms. The zero-order valence-corrected chi connectivity index (χ0v) is 12.5. The van der Waals surface area contributed by atoms with Crippen molar-refractivity contribution in [2.45, 2.75) is 26.3 Å². The lowest BCUT2D eigenvalue weighted by Gasteiger charge is -2.17. The Bertz CT molecular complexity index is 631. The van der Waals surface area contributed by atoms with Crippen LogP contribution in [0.2, 0.25) is 0 Å². The highest BCUT2D eigenvalue weighted by Crippen LogP contribution is 2.26. The van der Waals surface area contributed by atoms with E-state index in [9.17, 15) is 0 Å². The molecule has 1 N–H and O–H groups in total. The standard InChI is InChI=1S/C18H20N2O/c1-3-18(20-4-2)15-8-6-10-17(12-15)21-16-9-5-7-14(11-16)13-19/h5-12,18,20H,3-4H2,1-2H3. The summed E-state index contributed by atoms with van der Waals surface area (Å²) in [4.78, 5) is 0. The van der Waals surface area contributed by atoms with Crippen molar-refractivity contribution in [2.75, 3.05) is 6.54 Å². The summed E-state index contributed by atoms with van der Waals surface area (Å²) in [6.45, 7) is 5.21. The van der Waals surface area contributed by atoms with Gasteiger partial charge in [0.25, 0.3) is 0 Å². The molecule has 0 amide bonds. The molecule has 0 saturated heterocycles. The topological polar surface area (TPSA) is 45.0 Å². The van der Waals surface area contributed by atoms with Crippen molar-refractivity contribution in [3.63, 3.8) is 0 Å². The molecule has 0 radical (unpaired) electrons. The lowest BCUT2D eigenvalue weighted by atomic mass is 10.0. The average molecular weight is 280 g/mol. The van der Waals surface area contributed by atoms with Gasteiger partial charge in [0.1, 0.15) is 11.5 Å². The van der Waals surface area contributed by atoms with Crippen LogP contribution in [0.5, 0.6) is 11.5 Å². The van der Waals surface area contributed by atoms with Gasteiger partial charge in [-0.15, -0.1) is 0 Å². The van der Waals surface area contributed by atoms with Gasteiger partial charge in [0, 0.05) is 6.04 Å². The molecule has 0 saturated carbocycles. The monoisotopic (exact) mass is 280 g/mol. The minimum absolute atomic E-state index is 0.337. The summed E-state index contributed by atoms with van der Waals surface area (Å²) in [5.74, 6) is 1.47. The molecule has 1 unspecified atom stereocenters. The van der Waals surface area contributed by atoms with E-state index in [1.165, 1.54) is 5.56 Å². The smallest absolute Gasteiger partial charge is 0.128 e. The second-order valence-electron chi connectivity index (χ2n) is 4.83. The van der Waals surface area contributed by atoms with E-state index in [2.05, 4.69) is 37.4 Å². The molecule has 0 aliphatic rings. The van der Waals surface area contributed by atoms with Gasteiger partial charge in [-0.25, -0.2) is 0 Å². The molecule has 2 rings (SSSR count). The molecule has 0 bridgehead atoms. The van der Waals surface area contributed by atoms with Crippen molar-refractivity contribution in [3.05, 3.63) is 59.7 Å². The average Bonchev–Trinajstić information content (AvgIpc) is 2.53. The summed E-state index contributed by atoms with van der Waals surface area (Å²) in [6, 6.07) is 17.7. The van der Waals surface area contributed by atoms with Crippen molar-refractivity contribution in [3.8, 4) is 17.6 Å². The molecule has 21 heavy (non-hydrogen) atoms. The molecule has 0 fully saturated rings. The predicted molar refractivity (Wildman–Crippen MR) is 84.4 cm³/mol. The largest absolute Gasteiger partial charge is 0.457 e. The van der Waals surface area contributed by atoms with E-state index >= 15 is 0 Å². The van der Waals surface area contributed by atoms with Gasteiger partial charge in [0.05, 0.1) is 11.6 Å². The zero-order chi connectivity index (χ0) is 15.1. The SMILES string of the molecule is CCNC(CC)c1cccc(Oc2cccc(C#N)c2)c1. The van der Waals surface area contributed by atoms with E-state index in [0.29, 0.717) is 17.4 Å². The Morgan fingerprint density at radius 3 is 2.48 bits per heavy atom. The molecule has 2 aromatic carbocycles. The first-order valence-electron chi connectivity index (χ1n) is 7.28. The molecular weight excluding hydrogens is 260 g/mol. The fourth-order valence-electron chi connectivity index (χ4n) is 2.30. The molecule has 1 atom stereocenters. The van der Waals surface area contributed by atoms with E-state index in [-0.39, 0.29) is 0 Å². The van der Waals surface area contributed by atoms with Crippen LogP contribution in [-0.4, -0.2) is 6.54 Å². The summed E-state index contributed by atoms with van der Waals surface area (Å²) in [7, 11) is 0. The van der Waals surface area contributed by atoms with E-state index < -0.39 is 0 Å². The van der Waals surface area contributed by atoms with Crippen molar-refractivity contribution in [1.29, 1.82) is 5.26 Å². The van der Waals surface area contributed by atoms with Crippen LogP contribution in [-0.2, 0) is 0 Å². The van der Waals surface area contributed by atoms with E-state index in [0.717, 1.165) is 18.7 Å². The first-order chi connectivity index (χ1) is 10.3. The maximum atomic E-state index is 8.92. The number of rotatable bonds is 6. The highest BCUT2D eigenvalue weighted by atomic mass is 16.5. The summed E-state index contributed by atoms with van der Waals surface area (Å²) in [6.07, 6.45) is 1.03. The van der Waals surface area contributed by atoms with Crippen LogP contribution in [0.15, 0.2) is 48.5 Å². The molecule has 108 valence electrons. The quantitative estimate of drug-likeness (QED) is 0.852. The van der Waals surface area contributed by atoms with Crippen LogP contribution in [0.1, 0.15) is 37.4 Å². The van der Waals surface area contributed by atoms with Gasteiger partial charge in [0.15, 0.2) is 0 Å². The van der Waals surface area contributed by atoms with Crippen LogP contribution < -0.4 is 10.1 Å². The van der Waals surface area contributed by atoms with Gasteiger partial charge in [0.2, 0.25) is 0 Å². The van der Waals surface area contributed by atoms with Crippen LogP contribution >= 0.6 is 0 Å². The summed E-state index contributed by atoms with van der Waals surface area (Å²) >= 11 is 0. The number of nitriles is 1. The fraction of sp³-hybridized carbons (Fsp3) is 0.278. The van der Waals surface area contributed by atoms with Crippen molar-refractivity contribution in [2.24, 2.45) is 0 Å². The Balaban J connectivity index is 2.19. The third kappa shape index (κ3) is 4.08. The Hall–Kier alpha value is -2.31. The number of benzene rings is 2. The number of nitrogens with zero attached hydrogens (tertiary/aromatic N) is 1. The maximum absolute atomic E-state index is 8.92. The molecular formula is C18H20N2O. The second kappa shape index (κ2) is 7.47. The second-order valence-corrected chi connectivity index (χ2v) is 4.83. The minimum Gasteiger partial charge on any atom is -0.457 e. The van der Waals surface area contributed by atoms with Gasteiger partial charge < -0.3 is 10.1 Å². The minimum atomic E-state index is 0.337. The number of hydrogen-bond donors (Lipinski definition) is 1. The molecule has 0 aliphatic heterocycles. The molecule has 2 aromatic rings. The van der Waals surface area contributed by atoms with Gasteiger partial charge in [-0.05, 0) is 48.9 Å². The van der Waals surface area contributed by atoms with Gasteiger partial charge >= 0.3 is 0 Å². The van der Waals surface area contributed by atoms with Crippen LogP contribution in [0.3, 0.4) is 0 Å². The molecule has 0 aromatic heterocycles. The lowest BCUT2D eigenvalue weighted by molar-refractivity contribution is 0.477. The Kier molecular flexibility index (Phi) is 5.36. The van der Waals surface area contributed by atoms with Crippen molar-refractivity contribution < 1.29 is 4.74 Å². The Labute approximate surface area is 126 Å². The van der Waals surface area contributed by atoms with Gasteiger partial charge in [-0.3, -0.25) is 0 Å². The first kappa shape index (κ1) is 15.1. The van der Waals surface area contributed by atoms with Crippen LogP contribution in [0.25, 0.3) is 0 Å². The zero-order valence-electron chi connectivity index (χ0n) is 12.5. The molecule has 3 nitrogen and oxygen atoms in total. The van der Waals surface area contributed by atoms with E-state index in [1.807, 2.05) is 24.3 Å². The van der Waals surface area contributed by atoms with Gasteiger partial charge in [-0.1, -0.05) is 32.0 Å². The molecule has 0 aliphatic carbocycles. The lowest BCUT2D eigenvalue weighted by Crippen LogP contribution is -2.19. The van der Waals surface area contributed by atoms with E-state index in [4.69, 9.17) is 10.00 Å². The highest BCUT2D eigenvalue weighted by Gasteiger charge is 2.08. The van der Waals surface area contributed by atoms with E-state index in [1.54, 1.807) is 12.1 Å². The third-order valence-electron chi connectivity index (χ3n) is 3.32. The summed E-state index contributed by atoms with van der Waals surface area (Å²) < 4.78 is 5.86. The van der Waals surface area contributed by atoms with Crippen molar-refractivity contribution in [1.82, 2.24) is 5.32 Å². The highest BCUT2D eigenvalue weighted by molar-refractivity contribution is 5.40. The maximum Gasteiger partial charge on any atom is 0.128 e. The number of hydrogen-bond acceptors (Lipinski definition) is 3. The number of nitrogens with one attached hydrogen (secondary N) is 1. The van der Waals surface area contributed by atoms with Crippen LogP contribution in [0.4, 0.5) is 0 Å². The normalized spacial score (nSPS) is 11.7. The molecule has 0 spiro atoms. The van der Waals surface area contributed by atoms with Gasteiger partial charge in [-0.2, -0.15) is 5.26 Å².